The van der Waals surface area contributed by atoms with Gasteiger partial charge in [0.1, 0.15) is 39.6 Å². The molecule has 0 radical (unpaired) electrons. The zero-order valence-electron chi connectivity index (χ0n) is 21.1. The number of aromatic hydroxyl groups is 1. The number of benzene rings is 1. The Morgan fingerprint density at radius 2 is 1.90 bits per heavy atom. The standard InChI is InChI=1S/C25H21Cl2F2N7O4/c1-34(2)15-7-13(18(26)22(29)32-15)31-16(37)9-35-8-12(10-6-11(23(30)39)21(38)19(27)20(10)28)17-24(35)33-14-4-3-5-36(14)25(17)40/h6-8,38H,3-5,9H2,1-2H3,(H2,30,39)(H,31,32,37). The lowest BCUT2D eigenvalue weighted by molar-refractivity contribution is -0.116. The number of amides is 2. The van der Waals surface area contributed by atoms with E-state index < -0.39 is 57.0 Å². The fourth-order valence-electron chi connectivity index (χ4n) is 4.60. The molecule has 40 heavy (non-hydrogen) atoms. The van der Waals surface area contributed by atoms with Crippen molar-refractivity contribution in [2.24, 2.45) is 5.73 Å². The Labute approximate surface area is 234 Å². The van der Waals surface area contributed by atoms with Gasteiger partial charge < -0.3 is 25.6 Å². The van der Waals surface area contributed by atoms with Gasteiger partial charge in [0.15, 0.2) is 5.82 Å². The van der Waals surface area contributed by atoms with Crippen molar-refractivity contribution in [3.63, 3.8) is 0 Å². The van der Waals surface area contributed by atoms with Crippen molar-refractivity contribution in [3.05, 3.63) is 61.9 Å². The second-order valence-corrected chi connectivity index (χ2v) is 10.1. The van der Waals surface area contributed by atoms with Crippen molar-refractivity contribution in [2.75, 3.05) is 24.3 Å². The summed E-state index contributed by atoms with van der Waals surface area (Å²) in [4.78, 5) is 48.3. The normalized spacial score (nSPS) is 12.6. The van der Waals surface area contributed by atoms with Gasteiger partial charge in [-0.15, -0.1) is 0 Å². The lowest BCUT2D eigenvalue weighted by atomic mass is 10.0. The van der Waals surface area contributed by atoms with Crippen LogP contribution in [-0.2, 0) is 24.3 Å². The van der Waals surface area contributed by atoms with Crippen LogP contribution in [0.5, 0.6) is 5.75 Å². The third-order valence-electron chi connectivity index (χ3n) is 6.52. The first-order valence-electron chi connectivity index (χ1n) is 11.9. The summed E-state index contributed by atoms with van der Waals surface area (Å²) in [6.07, 6.45) is 2.49. The third kappa shape index (κ3) is 4.50. The molecule has 15 heteroatoms. The number of fused-ring (bicyclic) bond motifs is 2. The van der Waals surface area contributed by atoms with E-state index in [1.54, 1.807) is 14.1 Å². The predicted octanol–water partition coefficient (Wildman–Crippen LogP) is 3.30. The van der Waals surface area contributed by atoms with E-state index in [4.69, 9.17) is 28.9 Å². The van der Waals surface area contributed by atoms with E-state index in [-0.39, 0.29) is 33.7 Å². The number of aryl methyl sites for hydroxylation is 1. The summed E-state index contributed by atoms with van der Waals surface area (Å²) in [5, 5.41) is 11.5. The van der Waals surface area contributed by atoms with Gasteiger partial charge >= 0.3 is 0 Å². The van der Waals surface area contributed by atoms with Crippen molar-refractivity contribution in [3.8, 4) is 16.9 Å². The molecule has 0 saturated heterocycles. The number of nitrogens with two attached hydrogens (primary N) is 1. The average Bonchev–Trinajstić information content (AvgIpc) is 3.51. The molecule has 0 saturated carbocycles. The maximum absolute atomic E-state index is 15.3. The van der Waals surface area contributed by atoms with Crippen LogP contribution in [0.3, 0.4) is 0 Å². The number of nitrogens with one attached hydrogen (secondary N) is 1. The molecule has 208 valence electrons. The molecule has 0 unspecified atom stereocenters. The first kappa shape index (κ1) is 27.3. The zero-order chi connectivity index (χ0) is 29.0. The summed E-state index contributed by atoms with van der Waals surface area (Å²) in [7, 11) is 3.27. The smallest absolute Gasteiger partial charge is 0.263 e. The van der Waals surface area contributed by atoms with Gasteiger partial charge in [0.25, 0.3) is 11.5 Å². The minimum atomic E-state index is -1.10. The van der Waals surface area contributed by atoms with Crippen LogP contribution in [0, 0.1) is 11.8 Å². The summed E-state index contributed by atoms with van der Waals surface area (Å²) in [6, 6.07) is 2.37. The number of halogens is 4. The Bertz CT molecular complexity index is 1800. The van der Waals surface area contributed by atoms with Gasteiger partial charge in [0.05, 0.1) is 16.6 Å². The van der Waals surface area contributed by atoms with Crippen LogP contribution in [-0.4, -0.2) is 50.1 Å². The molecule has 4 aromatic rings. The van der Waals surface area contributed by atoms with E-state index in [9.17, 15) is 23.9 Å². The van der Waals surface area contributed by atoms with Crippen LogP contribution in [0.1, 0.15) is 22.6 Å². The number of phenols is 1. The third-order valence-corrected chi connectivity index (χ3v) is 7.23. The molecule has 11 nitrogen and oxygen atoms in total. The topological polar surface area (TPSA) is 148 Å². The van der Waals surface area contributed by atoms with E-state index in [0.29, 0.717) is 25.2 Å². The van der Waals surface area contributed by atoms with Gasteiger partial charge in [-0.05, 0) is 12.5 Å². The number of carbonyl (C=O) groups is 2. The number of hydrogen-bond donors (Lipinski definition) is 3. The summed E-state index contributed by atoms with van der Waals surface area (Å²) < 4.78 is 32.4. The summed E-state index contributed by atoms with van der Waals surface area (Å²) >= 11 is 12.0. The van der Waals surface area contributed by atoms with E-state index in [1.807, 2.05) is 0 Å². The molecule has 1 aliphatic heterocycles. The molecule has 1 aliphatic rings. The number of pyridine rings is 1. The van der Waals surface area contributed by atoms with Crippen LogP contribution in [0.25, 0.3) is 22.2 Å². The quantitative estimate of drug-likeness (QED) is 0.291. The van der Waals surface area contributed by atoms with Crippen molar-refractivity contribution in [1.29, 1.82) is 0 Å². The number of nitrogens with zero attached hydrogens (tertiary/aromatic N) is 5. The second-order valence-electron chi connectivity index (χ2n) is 9.35. The Hall–Kier alpha value is -4.23. The molecule has 4 N–H and O–H groups in total. The number of rotatable bonds is 6. The molecule has 0 spiro atoms. The van der Waals surface area contributed by atoms with Crippen molar-refractivity contribution in [2.45, 2.75) is 25.9 Å². The molecule has 4 heterocycles. The molecule has 0 bridgehead atoms. The Balaban J connectivity index is 1.65. The predicted molar refractivity (Wildman–Crippen MR) is 145 cm³/mol. The van der Waals surface area contributed by atoms with Crippen LogP contribution in [0.4, 0.5) is 20.3 Å². The number of primary amides is 1. The van der Waals surface area contributed by atoms with Gasteiger partial charge in [-0.25, -0.2) is 14.4 Å². The fourth-order valence-corrected chi connectivity index (χ4v) is 4.95. The van der Waals surface area contributed by atoms with Crippen LogP contribution in [0.15, 0.2) is 23.1 Å². The average molecular weight is 592 g/mol. The van der Waals surface area contributed by atoms with Crippen molar-refractivity contribution < 1.29 is 23.5 Å². The second kappa shape index (κ2) is 10.1. The van der Waals surface area contributed by atoms with E-state index in [1.165, 1.54) is 26.3 Å². The molecule has 2 amide bonds. The summed E-state index contributed by atoms with van der Waals surface area (Å²) in [5.41, 5.74) is 4.12. The monoisotopic (exact) mass is 591 g/mol. The zero-order valence-corrected chi connectivity index (χ0v) is 22.6. The highest BCUT2D eigenvalue weighted by atomic mass is 35.5. The number of aromatic nitrogens is 4. The Morgan fingerprint density at radius 1 is 1.18 bits per heavy atom. The van der Waals surface area contributed by atoms with E-state index in [2.05, 4.69) is 15.3 Å². The first-order chi connectivity index (χ1) is 18.9. The van der Waals surface area contributed by atoms with Gasteiger partial charge in [-0.2, -0.15) is 4.39 Å². The molecule has 1 aromatic carbocycles. The van der Waals surface area contributed by atoms with Crippen molar-refractivity contribution >= 4 is 57.6 Å². The van der Waals surface area contributed by atoms with Gasteiger partial charge in [-0.3, -0.25) is 19.0 Å². The highest BCUT2D eigenvalue weighted by molar-refractivity contribution is 6.34. The number of carbonyl (C=O) groups excluding carboxylic acids is 2. The number of hydrogen-bond acceptors (Lipinski definition) is 7. The number of anilines is 2. The lowest BCUT2D eigenvalue weighted by Crippen LogP contribution is -2.23. The van der Waals surface area contributed by atoms with Gasteiger partial charge in [0, 0.05) is 50.5 Å². The molecular weight excluding hydrogens is 571 g/mol. The van der Waals surface area contributed by atoms with Gasteiger partial charge in [-0.1, -0.05) is 23.2 Å². The van der Waals surface area contributed by atoms with E-state index in [0.717, 1.165) is 6.07 Å². The van der Waals surface area contributed by atoms with Crippen molar-refractivity contribution in [1.82, 2.24) is 19.1 Å². The largest absolute Gasteiger partial charge is 0.505 e. The molecule has 3 aromatic heterocycles. The SMILES string of the molecule is CN(C)c1cc(NC(=O)Cn2cc(-c3cc(C(N)=O)c(O)c(Cl)c3F)c3c(=O)n4c(nc32)CCC4)c(Cl)c(F)n1. The molecule has 0 fully saturated rings. The molecular formula is C25H21Cl2F2N7O4. The first-order valence-corrected chi connectivity index (χ1v) is 12.6. The molecule has 0 atom stereocenters. The van der Waals surface area contributed by atoms with E-state index >= 15 is 4.39 Å². The fraction of sp³-hybridized carbons (Fsp3) is 0.240. The summed E-state index contributed by atoms with van der Waals surface area (Å²) in [5.74, 6) is -3.96. The highest BCUT2D eigenvalue weighted by Crippen LogP contribution is 2.39. The Morgan fingerprint density at radius 3 is 2.58 bits per heavy atom. The molecule has 5 rings (SSSR count). The van der Waals surface area contributed by atoms with Crippen LogP contribution in [0.2, 0.25) is 10.0 Å². The maximum Gasteiger partial charge on any atom is 0.263 e. The Kier molecular flexibility index (Phi) is 6.88. The minimum absolute atomic E-state index is 0.0210. The summed E-state index contributed by atoms with van der Waals surface area (Å²) in [6.45, 7) is -0.0338. The lowest BCUT2D eigenvalue weighted by Gasteiger charge is -2.15. The van der Waals surface area contributed by atoms with Gasteiger partial charge in [0.2, 0.25) is 11.9 Å². The minimum Gasteiger partial charge on any atom is -0.505 e. The van der Waals surface area contributed by atoms with Crippen LogP contribution >= 0.6 is 23.2 Å². The highest BCUT2D eigenvalue weighted by Gasteiger charge is 2.27. The maximum atomic E-state index is 15.3. The molecule has 0 aliphatic carbocycles. The van der Waals surface area contributed by atoms with Crippen LogP contribution < -0.4 is 21.5 Å².